The number of thiazole rings is 1. The van der Waals surface area contributed by atoms with Crippen LogP contribution in [0.2, 0.25) is 0 Å². The van der Waals surface area contributed by atoms with E-state index in [2.05, 4.69) is 31.1 Å². The second-order valence-electron chi connectivity index (χ2n) is 10.2. The van der Waals surface area contributed by atoms with Crippen LogP contribution in [0.15, 0.2) is 83.1 Å². The summed E-state index contributed by atoms with van der Waals surface area (Å²) in [5, 5.41) is 16.0. The van der Waals surface area contributed by atoms with Crippen molar-refractivity contribution >= 4 is 32.8 Å². The van der Waals surface area contributed by atoms with Crippen LogP contribution in [0.4, 0.5) is 5.69 Å². The molecule has 9 heteroatoms. The van der Waals surface area contributed by atoms with Crippen LogP contribution in [0.3, 0.4) is 0 Å². The second kappa shape index (κ2) is 12.0. The lowest BCUT2D eigenvalue weighted by Crippen LogP contribution is -2.13. The summed E-state index contributed by atoms with van der Waals surface area (Å²) in [7, 11) is -3.37. The van der Waals surface area contributed by atoms with Gasteiger partial charge in [0.15, 0.2) is 9.84 Å². The summed E-state index contributed by atoms with van der Waals surface area (Å²) in [4.78, 5) is 17.9. The number of aromatic hydroxyl groups is 1. The Bertz CT molecular complexity index is 1540. The van der Waals surface area contributed by atoms with Gasteiger partial charge in [-0.1, -0.05) is 51.1 Å². The topological polar surface area (TPSA) is 106 Å². The van der Waals surface area contributed by atoms with Crippen LogP contribution >= 0.6 is 11.3 Å². The molecule has 0 atom stereocenters. The molecule has 204 valence electrons. The van der Waals surface area contributed by atoms with Gasteiger partial charge in [-0.2, -0.15) is 0 Å². The summed E-state index contributed by atoms with van der Waals surface area (Å²) in [6.45, 7) is 6.63. The molecule has 0 bridgehead atoms. The zero-order valence-corrected chi connectivity index (χ0v) is 23.8. The normalized spacial score (nSPS) is 11.8. The van der Waals surface area contributed by atoms with Crippen LogP contribution in [0, 0.1) is 0 Å². The van der Waals surface area contributed by atoms with Crippen molar-refractivity contribution in [2.45, 2.75) is 50.5 Å². The fourth-order valence-corrected chi connectivity index (χ4v) is 6.10. The lowest BCUT2D eigenvalue weighted by Gasteiger charge is -2.14. The molecule has 4 aromatic rings. The molecule has 0 aliphatic rings. The number of nitrogens with one attached hydrogen (secondary N) is 1. The van der Waals surface area contributed by atoms with E-state index in [1.165, 1.54) is 17.4 Å². The van der Waals surface area contributed by atoms with Crippen molar-refractivity contribution in [1.29, 1.82) is 0 Å². The maximum atomic E-state index is 13.0. The third-order valence-corrected chi connectivity index (χ3v) is 8.71. The van der Waals surface area contributed by atoms with Gasteiger partial charge in [0.1, 0.15) is 23.1 Å². The quantitative estimate of drug-likeness (QED) is 0.216. The van der Waals surface area contributed by atoms with Crippen molar-refractivity contribution in [3.8, 4) is 11.5 Å². The van der Waals surface area contributed by atoms with Crippen LogP contribution in [0.5, 0.6) is 11.5 Å². The van der Waals surface area contributed by atoms with Gasteiger partial charge in [0.05, 0.1) is 22.0 Å². The Kier molecular flexibility index (Phi) is 8.72. The average Bonchev–Trinajstić information content (AvgIpc) is 3.40. The summed E-state index contributed by atoms with van der Waals surface area (Å²) >= 11 is 1.54. The Morgan fingerprint density at radius 3 is 2.51 bits per heavy atom. The first-order chi connectivity index (χ1) is 18.5. The standard InChI is InChI=1S/C30H32N2O5S2/c1-30(2,3)27-20-38-28(32-27)19-37-23-11-7-10-22(18-23)29(34)31-25-17-21(14-15-26(25)33)9-8-16-39(35,36)24-12-5-4-6-13-24/h4-7,10-15,17-18,20,33H,8-9,16,19H2,1-3H3,(H,31,34). The first kappa shape index (κ1) is 28.3. The van der Waals surface area contributed by atoms with E-state index in [1.807, 2.05) is 5.38 Å². The predicted molar refractivity (Wildman–Crippen MR) is 154 cm³/mol. The molecule has 1 heterocycles. The number of aryl methyl sites for hydroxylation is 1. The number of hydrogen-bond donors (Lipinski definition) is 2. The first-order valence-corrected chi connectivity index (χ1v) is 15.1. The number of sulfone groups is 1. The second-order valence-corrected chi connectivity index (χ2v) is 13.3. The molecule has 0 aliphatic carbocycles. The van der Waals surface area contributed by atoms with E-state index in [1.54, 1.807) is 66.7 Å². The highest BCUT2D eigenvalue weighted by Gasteiger charge is 2.18. The van der Waals surface area contributed by atoms with Gasteiger partial charge in [0.2, 0.25) is 0 Å². The molecule has 0 spiro atoms. The number of carbonyl (C=O) groups excluding carboxylic acids is 1. The summed E-state index contributed by atoms with van der Waals surface area (Å²) in [6, 6.07) is 20.1. The number of phenolic OH excluding ortho intramolecular Hbond substituents is 1. The van der Waals surface area contributed by atoms with E-state index >= 15 is 0 Å². The fraction of sp³-hybridized carbons (Fsp3) is 0.267. The van der Waals surface area contributed by atoms with E-state index in [9.17, 15) is 18.3 Å². The van der Waals surface area contributed by atoms with Crippen molar-refractivity contribution in [3.05, 3.63) is 100 Å². The van der Waals surface area contributed by atoms with Gasteiger partial charge in [-0.15, -0.1) is 11.3 Å². The van der Waals surface area contributed by atoms with E-state index in [-0.39, 0.29) is 22.6 Å². The number of amides is 1. The van der Waals surface area contributed by atoms with Crippen molar-refractivity contribution in [2.75, 3.05) is 11.1 Å². The fourth-order valence-electron chi connectivity index (χ4n) is 3.84. The lowest BCUT2D eigenvalue weighted by molar-refractivity contribution is 0.102. The molecule has 0 aliphatic heterocycles. The molecular weight excluding hydrogens is 532 g/mol. The number of anilines is 1. The van der Waals surface area contributed by atoms with Crippen LogP contribution in [-0.2, 0) is 28.3 Å². The number of nitrogens with zero attached hydrogens (tertiary/aromatic N) is 1. The van der Waals surface area contributed by atoms with Crippen molar-refractivity contribution in [3.63, 3.8) is 0 Å². The largest absolute Gasteiger partial charge is 0.506 e. The molecule has 1 aromatic heterocycles. The first-order valence-electron chi connectivity index (χ1n) is 12.6. The Hall–Kier alpha value is -3.69. The Labute approximate surface area is 233 Å². The van der Waals surface area contributed by atoms with Crippen LogP contribution < -0.4 is 10.1 Å². The number of carbonyl (C=O) groups is 1. The minimum atomic E-state index is -3.37. The number of rotatable bonds is 10. The maximum absolute atomic E-state index is 13.0. The van der Waals surface area contributed by atoms with E-state index < -0.39 is 15.7 Å². The number of benzene rings is 3. The molecule has 0 saturated carbocycles. The number of phenols is 1. The minimum Gasteiger partial charge on any atom is -0.506 e. The third-order valence-electron chi connectivity index (χ3n) is 6.07. The molecule has 39 heavy (non-hydrogen) atoms. The van der Waals surface area contributed by atoms with Crippen LogP contribution in [0.1, 0.15) is 53.8 Å². The molecule has 4 rings (SSSR count). The van der Waals surface area contributed by atoms with Gasteiger partial charge in [-0.25, -0.2) is 13.4 Å². The zero-order valence-electron chi connectivity index (χ0n) is 22.2. The van der Waals surface area contributed by atoms with Crippen LogP contribution in [-0.4, -0.2) is 30.2 Å². The molecule has 1 amide bonds. The van der Waals surface area contributed by atoms with Gasteiger partial charge in [0.25, 0.3) is 5.91 Å². The Morgan fingerprint density at radius 1 is 1.03 bits per heavy atom. The van der Waals surface area contributed by atoms with Crippen molar-refractivity contribution < 1.29 is 23.1 Å². The minimum absolute atomic E-state index is 0.00485. The maximum Gasteiger partial charge on any atom is 0.255 e. The number of hydrogen-bond acceptors (Lipinski definition) is 7. The average molecular weight is 565 g/mol. The van der Waals surface area contributed by atoms with E-state index in [0.717, 1.165) is 16.3 Å². The SMILES string of the molecule is CC(C)(C)c1csc(COc2cccc(C(=O)Nc3cc(CCCS(=O)(=O)c4ccccc4)ccc3O)c2)n1. The van der Waals surface area contributed by atoms with Crippen molar-refractivity contribution in [2.24, 2.45) is 0 Å². The summed E-state index contributed by atoms with van der Waals surface area (Å²) in [5.41, 5.74) is 2.42. The number of aromatic nitrogens is 1. The van der Waals surface area contributed by atoms with Crippen molar-refractivity contribution in [1.82, 2.24) is 4.98 Å². The highest BCUT2D eigenvalue weighted by molar-refractivity contribution is 7.91. The van der Waals surface area contributed by atoms with Gasteiger partial charge in [-0.3, -0.25) is 4.79 Å². The Balaban J connectivity index is 1.36. The third kappa shape index (κ3) is 7.68. The smallest absolute Gasteiger partial charge is 0.255 e. The van der Waals surface area contributed by atoms with Gasteiger partial charge >= 0.3 is 0 Å². The van der Waals surface area contributed by atoms with E-state index in [4.69, 9.17) is 4.74 Å². The highest BCUT2D eigenvalue weighted by Crippen LogP contribution is 2.27. The summed E-state index contributed by atoms with van der Waals surface area (Å²) in [6.07, 6.45) is 0.886. The molecule has 0 fully saturated rings. The molecule has 0 unspecified atom stereocenters. The monoisotopic (exact) mass is 564 g/mol. The highest BCUT2D eigenvalue weighted by atomic mass is 32.2. The molecule has 0 saturated heterocycles. The van der Waals surface area contributed by atoms with Gasteiger partial charge in [-0.05, 0) is 60.9 Å². The van der Waals surface area contributed by atoms with Crippen LogP contribution in [0.25, 0.3) is 0 Å². The van der Waals surface area contributed by atoms with Gasteiger partial charge in [0, 0.05) is 16.4 Å². The summed E-state index contributed by atoms with van der Waals surface area (Å²) < 4.78 is 30.9. The summed E-state index contributed by atoms with van der Waals surface area (Å²) in [5.74, 6) is 0.0663. The predicted octanol–water partition coefficient (Wildman–Crippen LogP) is 6.38. The Morgan fingerprint density at radius 2 is 1.79 bits per heavy atom. The molecule has 7 nitrogen and oxygen atoms in total. The molecule has 2 N–H and O–H groups in total. The molecule has 0 radical (unpaired) electrons. The van der Waals surface area contributed by atoms with Gasteiger partial charge < -0.3 is 15.2 Å². The molecular formula is C30H32N2O5S2. The number of ether oxygens (including phenoxy) is 1. The lowest BCUT2D eigenvalue weighted by atomic mass is 9.93. The molecule has 3 aromatic carbocycles. The zero-order chi connectivity index (χ0) is 28.0. The van der Waals surface area contributed by atoms with E-state index in [0.29, 0.717) is 35.7 Å².